The van der Waals surface area contributed by atoms with Gasteiger partial charge in [0.1, 0.15) is 5.75 Å². The molecule has 0 aromatic heterocycles. The van der Waals surface area contributed by atoms with Crippen LogP contribution >= 0.6 is 0 Å². The van der Waals surface area contributed by atoms with Crippen LogP contribution in [0.5, 0.6) is 5.75 Å². The summed E-state index contributed by atoms with van der Waals surface area (Å²) in [6.07, 6.45) is 0.946. The summed E-state index contributed by atoms with van der Waals surface area (Å²) >= 11 is 0. The van der Waals surface area contributed by atoms with E-state index in [2.05, 4.69) is 19.1 Å². The lowest BCUT2D eigenvalue weighted by molar-refractivity contribution is -0.130. The second-order valence-electron chi connectivity index (χ2n) is 7.37. The van der Waals surface area contributed by atoms with E-state index >= 15 is 0 Å². The Hall–Kier alpha value is -3.53. The van der Waals surface area contributed by atoms with Crippen molar-refractivity contribution in [2.75, 3.05) is 7.11 Å². The molecule has 1 N–H and O–H groups in total. The van der Waals surface area contributed by atoms with Crippen molar-refractivity contribution < 1.29 is 14.6 Å². The van der Waals surface area contributed by atoms with Crippen molar-refractivity contribution in [3.63, 3.8) is 0 Å². The number of carbonyl (C=O) groups is 1. The predicted molar refractivity (Wildman–Crippen MR) is 118 cm³/mol. The lowest BCUT2D eigenvalue weighted by Gasteiger charge is -2.28. The van der Waals surface area contributed by atoms with Gasteiger partial charge in [0.25, 0.3) is 5.91 Å². The molecule has 152 valence electrons. The molecule has 0 spiro atoms. The maximum atomic E-state index is 13.2. The molecule has 1 amide bonds. The first-order chi connectivity index (χ1) is 14.6. The molecule has 3 aromatic carbocycles. The minimum atomic E-state index is -0.379. The van der Waals surface area contributed by atoms with Gasteiger partial charge in [-0.15, -0.1) is 0 Å². The van der Waals surface area contributed by atoms with Crippen LogP contribution in [0.25, 0.3) is 5.57 Å². The van der Waals surface area contributed by atoms with Gasteiger partial charge in [0.15, 0.2) is 5.76 Å². The first-order valence-corrected chi connectivity index (χ1v) is 10.1. The number of aliphatic hydroxyl groups is 1. The summed E-state index contributed by atoms with van der Waals surface area (Å²) in [5, 5.41) is 10.9. The second-order valence-corrected chi connectivity index (χ2v) is 7.37. The summed E-state index contributed by atoms with van der Waals surface area (Å²) in [6.45, 7) is 2.45. The quantitative estimate of drug-likeness (QED) is 0.611. The molecule has 0 saturated carbocycles. The van der Waals surface area contributed by atoms with E-state index in [0.717, 1.165) is 28.9 Å². The van der Waals surface area contributed by atoms with Crippen LogP contribution in [0.4, 0.5) is 0 Å². The van der Waals surface area contributed by atoms with E-state index < -0.39 is 0 Å². The van der Waals surface area contributed by atoms with Crippen LogP contribution in [0.15, 0.2) is 84.6 Å². The summed E-state index contributed by atoms with van der Waals surface area (Å²) in [6, 6.07) is 25.2. The average molecular weight is 399 g/mol. The predicted octanol–water partition coefficient (Wildman–Crippen LogP) is 5.31. The zero-order chi connectivity index (χ0) is 21.1. The van der Waals surface area contributed by atoms with E-state index in [1.807, 2.05) is 66.7 Å². The number of hydrogen-bond donors (Lipinski definition) is 1. The third kappa shape index (κ3) is 3.57. The van der Waals surface area contributed by atoms with Gasteiger partial charge in [-0.2, -0.15) is 0 Å². The Bertz CT molecular complexity index is 1070. The van der Waals surface area contributed by atoms with Gasteiger partial charge in [-0.25, -0.2) is 0 Å². The molecule has 30 heavy (non-hydrogen) atoms. The summed E-state index contributed by atoms with van der Waals surface area (Å²) < 4.78 is 5.49. The smallest absolute Gasteiger partial charge is 0.290 e. The molecule has 0 aliphatic carbocycles. The van der Waals surface area contributed by atoms with Gasteiger partial charge in [-0.05, 0) is 29.2 Å². The molecule has 4 rings (SSSR count). The average Bonchev–Trinajstić information content (AvgIpc) is 3.05. The Morgan fingerprint density at radius 1 is 0.933 bits per heavy atom. The lowest BCUT2D eigenvalue weighted by Crippen LogP contribution is -2.30. The normalized spacial score (nSPS) is 16.3. The maximum absolute atomic E-state index is 13.2. The highest BCUT2D eigenvalue weighted by molar-refractivity contribution is 6.05. The third-order valence-electron chi connectivity index (χ3n) is 5.63. The number of aliphatic hydroxyl groups excluding tert-OH is 1. The number of rotatable bonds is 6. The highest BCUT2D eigenvalue weighted by atomic mass is 16.5. The Balaban J connectivity index is 1.81. The van der Waals surface area contributed by atoms with Crippen molar-refractivity contribution >= 4 is 11.5 Å². The number of amides is 1. The zero-order valence-corrected chi connectivity index (χ0v) is 17.2. The highest BCUT2D eigenvalue weighted by Gasteiger charge is 2.41. The van der Waals surface area contributed by atoms with E-state index in [1.165, 1.54) is 5.56 Å². The second kappa shape index (κ2) is 8.46. The number of hydrogen-bond acceptors (Lipinski definition) is 3. The van der Waals surface area contributed by atoms with Crippen LogP contribution in [0, 0.1) is 0 Å². The van der Waals surface area contributed by atoms with Gasteiger partial charge >= 0.3 is 0 Å². The number of para-hydroxylation sites is 1. The summed E-state index contributed by atoms with van der Waals surface area (Å²) in [5.74, 6) is 0.156. The molecule has 3 aromatic rings. The van der Waals surface area contributed by atoms with E-state index in [0.29, 0.717) is 12.1 Å². The number of methoxy groups -OCH3 is 1. The Kier molecular flexibility index (Phi) is 5.57. The van der Waals surface area contributed by atoms with Gasteiger partial charge in [-0.1, -0.05) is 79.7 Å². The van der Waals surface area contributed by atoms with E-state index in [4.69, 9.17) is 4.74 Å². The summed E-state index contributed by atoms with van der Waals surface area (Å²) in [4.78, 5) is 14.9. The van der Waals surface area contributed by atoms with Crippen LogP contribution in [0.1, 0.15) is 35.2 Å². The van der Waals surface area contributed by atoms with E-state index in [1.54, 1.807) is 12.0 Å². The van der Waals surface area contributed by atoms with Crippen LogP contribution in [0.2, 0.25) is 0 Å². The van der Waals surface area contributed by atoms with Crippen molar-refractivity contribution in [3.05, 3.63) is 107 Å². The molecular formula is C26H25NO3. The molecule has 0 unspecified atom stereocenters. The molecule has 1 aliphatic heterocycles. The Morgan fingerprint density at radius 3 is 2.27 bits per heavy atom. The van der Waals surface area contributed by atoms with Gasteiger partial charge in [0.2, 0.25) is 0 Å². The first kappa shape index (κ1) is 19.8. The van der Waals surface area contributed by atoms with Crippen molar-refractivity contribution in [3.8, 4) is 5.75 Å². The number of aryl methyl sites for hydroxylation is 1. The molecule has 0 saturated heterocycles. The summed E-state index contributed by atoms with van der Waals surface area (Å²) in [7, 11) is 1.62. The van der Waals surface area contributed by atoms with Crippen LogP contribution in [-0.2, 0) is 17.8 Å². The summed E-state index contributed by atoms with van der Waals surface area (Å²) in [5.41, 5.74) is 4.58. The SMILES string of the molecule is CCc1ccc([C@@H]2C(c3ccccc3)=C(O)C(=O)N2Cc2ccccc2OC)cc1. The maximum Gasteiger partial charge on any atom is 0.290 e. The van der Waals surface area contributed by atoms with Crippen molar-refractivity contribution in [2.24, 2.45) is 0 Å². The molecule has 0 bridgehead atoms. The van der Waals surface area contributed by atoms with Gasteiger partial charge in [0.05, 0.1) is 19.7 Å². The van der Waals surface area contributed by atoms with Crippen LogP contribution < -0.4 is 4.74 Å². The largest absolute Gasteiger partial charge is 0.503 e. The third-order valence-corrected chi connectivity index (χ3v) is 5.63. The fourth-order valence-corrected chi connectivity index (χ4v) is 4.03. The number of carbonyl (C=O) groups excluding carboxylic acids is 1. The van der Waals surface area contributed by atoms with Crippen molar-refractivity contribution in [1.82, 2.24) is 4.90 Å². The highest BCUT2D eigenvalue weighted by Crippen LogP contribution is 2.44. The minimum Gasteiger partial charge on any atom is -0.503 e. The monoisotopic (exact) mass is 399 g/mol. The topological polar surface area (TPSA) is 49.8 Å². The van der Waals surface area contributed by atoms with Gasteiger partial charge < -0.3 is 14.7 Å². The van der Waals surface area contributed by atoms with E-state index in [-0.39, 0.29) is 17.7 Å². The molecule has 1 aliphatic rings. The number of ether oxygens (including phenoxy) is 1. The van der Waals surface area contributed by atoms with Crippen molar-refractivity contribution in [1.29, 1.82) is 0 Å². The molecule has 1 atom stereocenters. The van der Waals surface area contributed by atoms with Crippen LogP contribution in [0.3, 0.4) is 0 Å². The fourth-order valence-electron chi connectivity index (χ4n) is 4.03. The Labute approximate surface area is 177 Å². The molecule has 4 heteroatoms. The van der Waals surface area contributed by atoms with Crippen molar-refractivity contribution in [2.45, 2.75) is 25.9 Å². The number of benzene rings is 3. The fraction of sp³-hybridized carbons (Fsp3) is 0.192. The first-order valence-electron chi connectivity index (χ1n) is 10.1. The molecular weight excluding hydrogens is 374 g/mol. The lowest BCUT2D eigenvalue weighted by atomic mass is 9.92. The molecule has 1 heterocycles. The molecule has 4 nitrogen and oxygen atoms in total. The molecule has 0 fully saturated rings. The van der Waals surface area contributed by atoms with Gasteiger partial charge in [-0.3, -0.25) is 4.79 Å². The Morgan fingerprint density at radius 2 is 1.60 bits per heavy atom. The molecule has 0 radical (unpaired) electrons. The van der Waals surface area contributed by atoms with E-state index in [9.17, 15) is 9.90 Å². The van der Waals surface area contributed by atoms with Gasteiger partial charge in [0, 0.05) is 11.1 Å². The minimum absolute atomic E-state index is 0.194. The standard InChI is InChI=1S/C26H25NO3/c1-3-18-13-15-20(16-14-18)24-23(19-9-5-4-6-10-19)25(28)26(29)27(24)17-21-11-7-8-12-22(21)30-2/h4-16,24,28H,3,17H2,1-2H3/t24-/m1/s1. The van der Waals surface area contributed by atoms with Crippen LogP contribution in [-0.4, -0.2) is 23.0 Å². The zero-order valence-electron chi connectivity index (χ0n) is 17.2. The number of nitrogens with zero attached hydrogens (tertiary/aromatic N) is 1.